The van der Waals surface area contributed by atoms with Crippen LogP contribution in [0.3, 0.4) is 0 Å². The molecule has 0 atom stereocenters. The molecule has 0 fully saturated rings. The minimum atomic E-state index is 0.812. The van der Waals surface area contributed by atoms with Gasteiger partial charge < -0.3 is 4.98 Å². The van der Waals surface area contributed by atoms with Crippen LogP contribution in [0.25, 0.3) is 22.9 Å². The molecule has 108 valence electrons. The van der Waals surface area contributed by atoms with Crippen molar-refractivity contribution in [2.24, 2.45) is 0 Å². The number of hydrogen-bond donors (Lipinski definition) is 1. The second-order valence-electron chi connectivity index (χ2n) is 4.85. The molecular weight excluding hydrogens is 278 g/mol. The van der Waals surface area contributed by atoms with E-state index in [0.717, 1.165) is 28.6 Å². The highest BCUT2D eigenvalue weighted by molar-refractivity contribution is 5.57. The zero-order chi connectivity index (χ0) is 14.9. The molecule has 0 bridgehead atoms. The number of nitrogens with one attached hydrogen (secondary N) is 1. The van der Waals surface area contributed by atoms with Crippen LogP contribution in [0.2, 0.25) is 0 Å². The van der Waals surface area contributed by atoms with Crippen molar-refractivity contribution >= 4 is 0 Å². The van der Waals surface area contributed by atoms with E-state index < -0.39 is 0 Å². The molecule has 0 aliphatic carbocycles. The molecule has 3 heterocycles. The van der Waals surface area contributed by atoms with Gasteiger partial charge in [-0.2, -0.15) is 5.10 Å². The van der Waals surface area contributed by atoms with Gasteiger partial charge in [0.15, 0.2) is 5.82 Å². The van der Waals surface area contributed by atoms with Crippen molar-refractivity contribution in [3.05, 3.63) is 61.3 Å². The van der Waals surface area contributed by atoms with E-state index in [-0.39, 0.29) is 0 Å². The van der Waals surface area contributed by atoms with E-state index in [4.69, 9.17) is 0 Å². The Morgan fingerprint density at radius 3 is 2.55 bits per heavy atom. The van der Waals surface area contributed by atoms with Gasteiger partial charge in [-0.25, -0.2) is 19.6 Å². The van der Waals surface area contributed by atoms with Crippen LogP contribution >= 0.6 is 0 Å². The monoisotopic (exact) mass is 291 g/mol. The fourth-order valence-electron chi connectivity index (χ4n) is 2.38. The first-order chi connectivity index (χ1) is 10.8. The summed E-state index contributed by atoms with van der Waals surface area (Å²) < 4.78 is 3.73. The van der Waals surface area contributed by atoms with Crippen molar-refractivity contribution in [1.82, 2.24) is 34.3 Å². The molecule has 0 amide bonds. The van der Waals surface area contributed by atoms with Crippen LogP contribution < -0.4 is 0 Å². The fourth-order valence-corrected chi connectivity index (χ4v) is 2.38. The van der Waals surface area contributed by atoms with Gasteiger partial charge in [0.05, 0.1) is 12.0 Å². The molecule has 3 aromatic heterocycles. The van der Waals surface area contributed by atoms with Crippen LogP contribution in [0.15, 0.2) is 55.6 Å². The lowest BCUT2D eigenvalue weighted by molar-refractivity contribution is 0.877. The van der Waals surface area contributed by atoms with Gasteiger partial charge in [0, 0.05) is 23.8 Å². The first kappa shape index (κ1) is 12.5. The Morgan fingerprint density at radius 1 is 1.05 bits per heavy atom. The third kappa shape index (κ3) is 1.99. The van der Waals surface area contributed by atoms with Gasteiger partial charge in [-0.15, -0.1) is 0 Å². The molecule has 0 aliphatic rings. The molecule has 0 saturated heterocycles. The Kier molecular flexibility index (Phi) is 2.82. The number of aromatic amines is 1. The van der Waals surface area contributed by atoms with Crippen molar-refractivity contribution < 1.29 is 0 Å². The highest BCUT2D eigenvalue weighted by atomic mass is 15.3. The minimum Gasteiger partial charge on any atom is -0.348 e. The van der Waals surface area contributed by atoms with Gasteiger partial charge in [0.25, 0.3) is 0 Å². The maximum atomic E-state index is 4.42. The predicted molar refractivity (Wildman–Crippen MR) is 80.8 cm³/mol. The van der Waals surface area contributed by atoms with Crippen LogP contribution in [0.1, 0.15) is 5.69 Å². The van der Waals surface area contributed by atoms with Crippen LogP contribution in [0.5, 0.6) is 0 Å². The summed E-state index contributed by atoms with van der Waals surface area (Å²) in [6.07, 6.45) is 8.56. The third-order valence-electron chi connectivity index (χ3n) is 3.49. The van der Waals surface area contributed by atoms with E-state index in [1.54, 1.807) is 23.5 Å². The summed E-state index contributed by atoms with van der Waals surface area (Å²) in [6.45, 7) is 1.98. The normalized spacial score (nSPS) is 11.0. The van der Waals surface area contributed by atoms with Gasteiger partial charge >= 0.3 is 0 Å². The highest BCUT2D eigenvalue weighted by Gasteiger charge is 2.12. The van der Waals surface area contributed by atoms with Gasteiger partial charge in [-0.3, -0.25) is 4.57 Å². The third-order valence-corrected chi connectivity index (χ3v) is 3.49. The quantitative estimate of drug-likeness (QED) is 0.627. The molecule has 22 heavy (non-hydrogen) atoms. The van der Waals surface area contributed by atoms with Crippen molar-refractivity contribution in [2.45, 2.75) is 6.92 Å². The van der Waals surface area contributed by atoms with Gasteiger partial charge in [-0.1, -0.05) is 0 Å². The van der Waals surface area contributed by atoms with Gasteiger partial charge in [-0.05, 0) is 31.2 Å². The van der Waals surface area contributed by atoms with E-state index >= 15 is 0 Å². The Bertz CT molecular complexity index is 884. The lowest BCUT2D eigenvalue weighted by Gasteiger charge is -2.08. The Hall–Kier alpha value is -3.22. The van der Waals surface area contributed by atoms with Crippen molar-refractivity contribution in [2.75, 3.05) is 0 Å². The Morgan fingerprint density at radius 2 is 1.86 bits per heavy atom. The summed E-state index contributed by atoms with van der Waals surface area (Å²) in [4.78, 5) is 15.8. The van der Waals surface area contributed by atoms with Crippen molar-refractivity contribution in [1.29, 1.82) is 0 Å². The molecule has 0 spiro atoms. The lowest BCUT2D eigenvalue weighted by Crippen LogP contribution is -1.99. The first-order valence-corrected chi connectivity index (χ1v) is 6.82. The smallest absolute Gasteiger partial charge is 0.165 e. The van der Waals surface area contributed by atoms with Crippen molar-refractivity contribution in [3.8, 4) is 22.9 Å². The zero-order valence-corrected chi connectivity index (χ0v) is 11.9. The van der Waals surface area contributed by atoms with Crippen LogP contribution in [-0.2, 0) is 0 Å². The predicted octanol–water partition coefficient (Wildman–Crippen LogP) is 2.15. The summed E-state index contributed by atoms with van der Waals surface area (Å²) >= 11 is 0. The standard InChI is InChI=1S/C15H13N7/c1-11-14(19-9-18-11)15-17-6-7-21(15)12-2-4-13(5-3-12)22-10-16-8-20-22/h2-10H,1H3,(H,18,19). The molecule has 4 rings (SSSR count). The summed E-state index contributed by atoms with van der Waals surface area (Å²) in [5, 5.41) is 4.12. The second-order valence-corrected chi connectivity index (χ2v) is 4.85. The van der Waals surface area contributed by atoms with E-state index in [1.807, 2.05) is 42.0 Å². The summed E-state index contributed by atoms with van der Waals surface area (Å²) in [5.41, 5.74) is 3.81. The second kappa shape index (κ2) is 4.96. The molecule has 0 radical (unpaired) electrons. The Labute approximate surface area is 126 Å². The molecule has 0 aliphatic heterocycles. The van der Waals surface area contributed by atoms with E-state index in [2.05, 4.69) is 25.0 Å². The number of benzene rings is 1. The summed E-state index contributed by atoms with van der Waals surface area (Å²) in [6, 6.07) is 8.02. The zero-order valence-electron chi connectivity index (χ0n) is 11.9. The average molecular weight is 291 g/mol. The molecule has 7 heteroatoms. The number of aromatic nitrogens is 7. The highest BCUT2D eigenvalue weighted by Crippen LogP contribution is 2.22. The summed E-state index contributed by atoms with van der Waals surface area (Å²) in [5.74, 6) is 0.812. The molecule has 0 unspecified atom stereocenters. The van der Waals surface area contributed by atoms with E-state index in [0.29, 0.717) is 0 Å². The lowest BCUT2D eigenvalue weighted by atomic mass is 10.2. The maximum Gasteiger partial charge on any atom is 0.165 e. The molecule has 1 N–H and O–H groups in total. The first-order valence-electron chi connectivity index (χ1n) is 6.82. The molecule has 0 saturated carbocycles. The topological polar surface area (TPSA) is 77.2 Å². The molecule has 1 aromatic carbocycles. The van der Waals surface area contributed by atoms with Crippen LogP contribution in [0.4, 0.5) is 0 Å². The number of imidazole rings is 2. The molecular formula is C15H13N7. The SMILES string of the molecule is Cc1[nH]cnc1-c1nccn1-c1ccc(-n2cncn2)cc1. The minimum absolute atomic E-state index is 0.812. The number of nitrogens with zero attached hydrogens (tertiary/aromatic N) is 6. The number of aryl methyl sites for hydroxylation is 1. The van der Waals surface area contributed by atoms with Crippen LogP contribution in [-0.4, -0.2) is 34.3 Å². The number of H-pyrrole nitrogens is 1. The fraction of sp³-hybridized carbons (Fsp3) is 0.0667. The van der Waals surface area contributed by atoms with E-state index in [9.17, 15) is 0 Å². The molecule has 4 aromatic rings. The largest absolute Gasteiger partial charge is 0.348 e. The van der Waals surface area contributed by atoms with Crippen molar-refractivity contribution in [3.63, 3.8) is 0 Å². The van der Waals surface area contributed by atoms with E-state index in [1.165, 1.54) is 6.33 Å². The van der Waals surface area contributed by atoms with Crippen LogP contribution in [0, 0.1) is 6.92 Å². The van der Waals surface area contributed by atoms with Gasteiger partial charge in [0.2, 0.25) is 0 Å². The average Bonchev–Trinajstić information content (AvgIpc) is 3.28. The van der Waals surface area contributed by atoms with Gasteiger partial charge in [0.1, 0.15) is 18.3 Å². The number of rotatable bonds is 3. The maximum absolute atomic E-state index is 4.42. The number of hydrogen-bond acceptors (Lipinski definition) is 4. The Balaban J connectivity index is 1.75. The molecule has 7 nitrogen and oxygen atoms in total. The summed E-state index contributed by atoms with van der Waals surface area (Å²) in [7, 11) is 0.